The van der Waals surface area contributed by atoms with Gasteiger partial charge in [-0.3, -0.25) is 10.1 Å². The van der Waals surface area contributed by atoms with Crippen LogP contribution in [-0.4, -0.2) is 17.0 Å². The second-order valence-electron chi connectivity index (χ2n) is 3.99. The smallest absolute Gasteiger partial charge is 0.311 e. The molecule has 0 saturated carbocycles. The quantitative estimate of drug-likeness (QED) is 0.625. The number of aryl methyl sites for hydroxylation is 1. The monoisotopic (exact) mass is 338 g/mol. The fraction of sp³-hybridized carbons (Fsp3) is 0.154. The Morgan fingerprint density at radius 1 is 1.35 bits per heavy atom. The van der Waals surface area contributed by atoms with Crippen LogP contribution in [0.5, 0.6) is 17.4 Å². The van der Waals surface area contributed by atoms with Crippen molar-refractivity contribution in [1.82, 2.24) is 4.98 Å². The van der Waals surface area contributed by atoms with Gasteiger partial charge >= 0.3 is 5.69 Å². The van der Waals surface area contributed by atoms with E-state index in [1.54, 1.807) is 6.20 Å². The number of rotatable bonds is 4. The average molecular weight is 339 g/mol. The van der Waals surface area contributed by atoms with E-state index in [-0.39, 0.29) is 17.3 Å². The minimum absolute atomic E-state index is 0.0754. The molecule has 20 heavy (non-hydrogen) atoms. The molecule has 2 rings (SSSR count). The highest BCUT2D eigenvalue weighted by Gasteiger charge is 2.18. The molecule has 0 N–H and O–H groups in total. The van der Waals surface area contributed by atoms with Crippen molar-refractivity contribution in [2.75, 3.05) is 7.11 Å². The Hall–Kier alpha value is -2.15. The summed E-state index contributed by atoms with van der Waals surface area (Å²) in [5, 5.41) is 11.0. The first-order chi connectivity index (χ1) is 9.51. The molecule has 0 amide bonds. The van der Waals surface area contributed by atoms with Crippen LogP contribution in [0.2, 0.25) is 0 Å². The number of hydrogen-bond acceptors (Lipinski definition) is 5. The summed E-state index contributed by atoms with van der Waals surface area (Å²) in [6.45, 7) is 1.88. The zero-order valence-corrected chi connectivity index (χ0v) is 12.4. The maximum Gasteiger partial charge on any atom is 0.311 e. The minimum atomic E-state index is -0.517. The number of nitro groups is 1. The molecule has 0 aliphatic heterocycles. The molecule has 0 radical (unpaired) electrons. The molecule has 0 aliphatic carbocycles. The van der Waals surface area contributed by atoms with Gasteiger partial charge in [-0.05, 0) is 40.5 Å². The number of benzene rings is 1. The van der Waals surface area contributed by atoms with Crippen molar-refractivity contribution in [3.05, 3.63) is 50.6 Å². The molecule has 7 heteroatoms. The lowest BCUT2D eigenvalue weighted by Gasteiger charge is -2.09. The lowest BCUT2D eigenvalue weighted by atomic mass is 10.3. The lowest BCUT2D eigenvalue weighted by molar-refractivity contribution is -0.385. The third-order valence-corrected chi connectivity index (χ3v) is 3.08. The maximum absolute atomic E-state index is 11.0. The standard InChI is InChI=1S/C13H11BrN2O4/c1-8-5-10(14)13(15-7-8)20-12-6-9(19-2)3-4-11(12)16(17)18/h3-7H,1-2H3. The van der Waals surface area contributed by atoms with Crippen LogP contribution in [0.3, 0.4) is 0 Å². The van der Waals surface area contributed by atoms with Crippen LogP contribution >= 0.6 is 15.9 Å². The van der Waals surface area contributed by atoms with Crippen LogP contribution in [-0.2, 0) is 0 Å². The summed E-state index contributed by atoms with van der Waals surface area (Å²) in [6.07, 6.45) is 1.62. The Kier molecular flexibility index (Phi) is 4.19. The predicted molar refractivity (Wildman–Crippen MR) is 76.4 cm³/mol. The van der Waals surface area contributed by atoms with E-state index in [4.69, 9.17) is 9.47 Å². The van der Waals surface area contributed by atoms with Gasteiger partial charge in [0.15, 0.2) is 0 Å². The number of methoxy groups -OCH3 is 1. The van der Waals surface area contributed by atoms with E-state index in [0.717, 1.165) is 5.56 Å². The second kappa shape index (κ2) is 5.87. The van der Waals surface area contributed by atoms with Crippen molar-refractivity contribution in [1.29, 1.82) is 0 Å². The van der Waals surface area contributed by atoms with Crippen molar-refractivity contribution in [2.45, 2.75) is 6.92 Å². The zero-order chi connectivity index (χ0) is 14.7. The van der Waals surface area contributed by atoms with Gasteiger partial charge in [-0.25, -0.2) is 4.98 Å². The molecule has 0 atom stereocenters. The summed E-state index contributed by atoms with van der Waals surface area (Å²) in [5.74, 6) is 0.798. The van der Waals surface area contributed by atoms with Gasteiger partial charge in [0.05, 0.1) is 16.5 Å². The molecule has 6 nitrogen and oxygen atoms in total. The number of nitrogens with zero attached hydrogens (tertiary/aromatic N) is 2. The Morgan fingerprint density at radius 2 is 2.10 bits per heavy atom. The van der Waals surface area contributed by atoms with Crippen molar-refractivity contribution < 1.29 is 14.4 Å². The van der Waals surface area contributed by atoms with Crippen LogP contribution in [0.1, 0.15) is 5.56 Å². The van der Waals surface area contributed by atoms with Gasteiger partial charge in [0, 0.05) is 18.3 Å². The molecule has 1 aromatic heterocycles. The largest absolute Gasteiger partial charge is 0.497 e. The highest BCUT2D eigenvalue weighted by atomic mass is 79.9. The highest BCUT2D eigenvalue weighted by Crippen LogP contribution is 2.36. The third kappa shape index (κ3) is 3.05. The number of aromatic nitrogens is 1. The molecular weight excluding hydrogens is 328 g/mol. The van der Waals surface area contributed by atoms with Crippen LogP contribution in [0.15, 0.2) is 34.9 Å². The zero-order valence-electron chi connectivity index (χ0n) is 10.8. The molecule has 0 bridgehead atoms. The molecule has 2 aromatic rings. The normalized spacial score (nSPS) is 10.2. The fourth-order valence-corrected chi connectivity index (χ4v) is 2.10. The third-order valence-electron chi connectivity index (χ3n) is 2.51. The van der Waals surface area contributed by atoms with Gasteiger partial charge in [-0.2, -0.15) is 0 Å². The van der Waals surface area contributed by atoms with Crippen LogP contribution in [0, 0.1) is 17.0 Å². The van der Waals surface area contributed by atoms with E-state index in [0.29, 0.717) is 10.2 Å². The van der Waals surface area contributed by atoms with Gasteiger partial charge in [-0.1, -0.05) is 0 Å². The van der Waals surface area contributed by atoms with Crippen molar-refractivity contribution in [2.24, 2.45) is 0 Å². The Morgan fingerprint density at radius 3 is 2.70 bits per heavy atom. The molecule has 1 aromatic carbocycles. The summed E-state index contributed by atoms with van der Waals surface area (Å²) in [6, 6.07) is 6.10. The molecular formula is C13H11BrN2O4. The summed E-state index contributed by atoms with van der Waals surface area (Å²) < 4.78 is 11.2. The van der Waals surface area contributed by atoms with Gasteiger partial charge in [0.2, 0.25) is 11.6 Å². The Bertz CT molecular complexity index is 661. The average Bonchev–Trinajstić information content (AvgIpc) is 2.41. The molecule has 0 aliphatic rings. The van der Waals surface area contributed by atoms with Crippen LogP contribution in [0.25, 0.3) is 0 Å². The second-order valence-corrected chi connectivity index (χ2v) is 4.85. The number of halogens is 1. The van der Waals surface area contributed by atoms with E-state index >= 15 is 0 Å². The van der Waals surface area contributed by atoms with Gasteiger partial charge in [0.1, 0.15) is 5.75 Å². The molecule has 104 valence electrons. The predicted octanol–water partition coefficient (Wildman–Crippen LogP) is 3.86. The van der Waals surface area contributed by atoms with Crippen molar-refractivity contribution in [3.63, 3.8) is 0 Å². The number of pyridine rings is 1. The van der Waals surface area contributed by atoms with Gasteiger partial charge in [0.25, 0.3) is 0 Å². The fourth-order valence-electron chi connectivity index (χ4n) is 1.55. The van der Waals surface area contributed by atoms with Gasteiger partial charge in [-0.15, -0.1) is 0 Å². The summed E-state index contributed by atoms with van der Waals surface area (Å²) >= 11 is 3.31. The van der Waals surface area contributed by atoms with Crippen molar-refractivity contribution in [3.8, 4) is 17.4 Å². The Labute approximate surface area is 123 Å². The molecule has 0 unspecified atom stereocenters. The van der Waals surface area contributed by atoms with Crippen LogP contribution < -0.4 is 9.47 Å². The first-order valence-corrected chi connectivity index (χ1v) is 6.43. The number of ether oxygens (including phenoxy) is 2. The molecule has 0 spiro atoms. The summed E-state index contributed by atoms with van der Waals surface area (Å²) in [4.78, 5) is 14.6. The Balaban J connectivity index is 2.43. The number of nitro benzene ring substituents is 1. The SMILES string of the molecule is COc1ccc([N+](=O)[O-])c(Oc2ncc(C)cc2Br)c1. The van der Waals surface area contributed by atoms with E-state index in [2.05, 4.69) is 20.9 Å². The van der Waals surface area contributed by atoms with E-state index in [1.807, 2.05) is 13.0 Å². The maximum atomic E-state index is 11.0. The van der Waals surface area contributed by atoms with Gasteiger partial charge < -0.3 is 9.47 Å². The van der Waals surface area contributed by atoms with E-state index in [1.165, 1.54) is 25.3 Å². The first kappa shape index (κ1) is 14.3. The summed E-state index contributed by atoms with van der Waals surface area (Å²) in [7, 11) is 1.48. The molecule has 0 saturated heterocycles. The summed E-state index contributed by atoms with van der Waals surface area (Å²) in [5.41, 5.74) is 0.796. The first-order valence-electron chi connectivity index (χ1n) is 5.63. The van der Waals surface area contributed by atoms with Crippen LogP contribution in [0.4, 0.5) is 5.69 Å². The van der Waals surface area contributed by atoms with Crippen molar-refractivity contribution >= 4 is 21.6 Å². The van der Waals surface area contributed by atoms with E-state index < -0.39 is 4.92 Å². The highest BCUT2D eigenvalue weighted by molar-refractivity contribution is 9.10. The lowest BCUT2D eigenvalue weighted by Crippen LogP contribution is -1.96. The van der Waals surface area contributed by atoms with E-state index in [9.17, 15) is 10.1 Å². The molecule has 1 heterocycles. The number of hydrogen-bond donors (Lipinski definition) is 0. The molecule has 0 fully saturated rings. The topological polar surface area (TPSA) is 74.5 Å². The minimum Gasteiger partial charge on any atom is -0.497 e.